The average Bonchev–Trinajstić information content (AvgIpc) is 2.97. The van der Waals surface area contributed by atoms with Crippen LogP contribution in [0.5, 0.6) is 11.5 Å². The van der Waals surface area contributed by atoms with Gasteiger partial charge in [0.25, 0.3) is 0 Å². The van der Waals surface area contributed by atoms with Gasteiger partial charge in [-0.05, 0) is 56.7 Å². The van der Waals surface area contributed by atoms with Crippen LogP contribution in [-0.2, 0) is 13.7 Å². The Kier molecular flexibility index (Phi) is 6.17. The molecule has 0 radical (unpaired) electrons. The zero-order valence-corrected chi connectivity index (χ0v) is 17.5. The lowest BCUT2D eigenvalue weighted by Crippen LogP contribution is -2.00. The van der Waals surface area contributed by atoms with Crippen LogP contribution < -0.4 is 9.47 Å². The highest BCUT2D eigenvalue weighted by atomic mass is 16.5. The molecule has 0 spiro atoms. The van der Waals surface area contributed by atoms with Crippen molar-refractivity contribution < 1.29 is 14.3 Å². The van der Waals surface area contributed by atoms with Gasteiger partial charge < -0.3 is 9.47 Å². The fourth-order valence-electron chi connectivity index (χ4n) is 3.20. The topological polar surface area (TPSA) is 53.3 Å². The summed E-state index contributed by atoms with van der Waals surface area (Å²) < 4.78 is 13.1. The first-order chi connectivity index (χ1) is 13.9. The molecule has 0 bridgehead atoms. The van der Waals surface area contributed by atoms with E-state index in [1.165, 1.54) is 5.56 Å². The SMILES string of the molecule is COc1ccc(/C=C/C(=O)c2c(C)nn(C)c2C)cc1COc1ccc(C)cc1. The van der Waals surface area contributed by atoms with Crippen LogP contribution in [0.2, 0.25) is 0 Å². The van der Waals surface area contributed by atoms with E-state index in [1.54, 1.807) is 17.9 Å². The van der Waals surface area contributed by atoms with E-state index in [4.69, 9.17) is 9.47 Å². The van der Waals surface area contributed by atoms with Crippen molar-refractivity contribution in [3.8, 4) is 11.5 Å². The molecule has 0 saturated carbocycles. The maximum Gasteiger partial charge on any atom is 0.189 e. The molecule has 0 unspecified atom stereocenters. The van der Waals surface area contributed by atoms with Gasteiger partial charge in [0.2, 0.25) is 0 Å². The van der Waals surface area contributed by atoms with Gasteiger partial charge in [0.15, 0.2) is 5.78 Å². The zero-order chi connectivity index (χ0) is 21.0. The molecular weight excluding hydrogens is 364 g/mol. The fourth-order valence-corrected chi connectivity index (χ4v) is 3.20. The van der Waals surface area contributed by atoms with E-state index in [-0.39, 0.29) is 5.78 Å². The molecule has 0 aliphatic carbocycles. The Morgan fingerprint density at radius 3 is 2.45 bits per heavy atom. The molecule has 5 heteroatoms. The van der Waals surface area contributed by atoms with Gasteiger partial charge in [0.1, 0.15) is 18.1 Å². The molecule has 5 nitrogen and oxygen atoms in total. The standard InChI is InChI=1S/C24H26N2O3/c1-16-6-10-21(11-7-16)29-15-20-14-19(9-13-23(20)28-5)8-12-22(27)24-17(2)25-26(4)18(24)3/h6-14H,15H2,1-5H3/b12-8+. The smallest absolute Gasteiger partial charge is 0.189 e. The van der Waals surface area contributed by atoms with Crippen molar-refractivity contribution in [3.63, 3.8) is 0 Å². The van der Waals surface area contributed by atoms with Gasteiger partial charge >= 0.3 is 0 Å². The third-order valence-corrected chi connectivity index (χ3v) is 4.90. The van der Waals surface area contributed by atoms with Crippen molar-refractivity contribution >= 4 is 11.9 Å². The summed E-state index contributed by atoms with van der Waals surface area (Å²) in [5.74, 6) is 1.50. The van der Waals surface area contributed by atoms with Gasteiger partial charge in [-0.25, -0.2) is 0 Å². The Morgan fingerprint density at radius 1 is 1.10 bits per heavy atom. The molecule has 0 amide bonds. The summed E-state index contributed by atoms with van der Waals surface area (Å²) in [5, 5.41) is 4.31. The van der Waals surface area contributed by atoms with Gasteiger partial charge in [-0.1, -0.05) is 29.8 Å². The number of hydrogen-bond donors (Lipinski definition) is 0. The number of allylic oxidation sites excluding steroid dienone is 1. The summed E-state index contributed by atoms with van der Waals surface area (Å²) in [4.78, 5) is 12.6. The molecule has 3 aromatic rings. The van der Waals surface area contributed by atoms with Crippen molar-refractivity contribution in [2.24, 2.45) is 7.05 Å². The first kappa shape index (κ1) is 20.4. The number of ether oxygens (including phenoxy) is 2. The normalized spacial score (nSPS) is 11.1. The van der Waals surface area contributed by atoms with Crippen LogP contribution >= 0.6 is 0 Å². The second-order valence-electron chi connectivity index (χ2n) is 7.04. The van der Waals surface area contributed by atoms with E-state index in [0.29, 0.717) is 12.2 Å². The van der Waals surface area contributed by atoms with E-state index >= 15 is 0 Å². The monoisotopic (exact) mass is 390 g/mol. The van der Waals surface area contributed by atoms with Gasteiger partial charge in [-0.15, -0.1) is 0 Å². The molecule has 1 heterocycles. The molecule has 29 heavy (non-hydrogen) atoms. The Balaban J connectivity index is 1.77. The van der Waals surface area contributed by atoms with Crippen LogP contribution in [0.3, 0.4) is 0 Å². The molecule has 0 atom stereocenters. The molecule has 2 aromatic carbocycles. The highest BCUT2D eigenvalue weighted by Crippen LogP contribution is 2.23. The minimum Gasteiger partial charge on any atom is -0.496 e. The van der Waals surface area contributed by atoms with Gasteiger partial charge in [-0.3, -0.25) is 9.48 Å². The Morgan fingerprint density at radius 2 is 1.83 bits per heavy atom. The lowest BCUT2D eigenvalue weighted by Gasteiger charge is -2.11. The highest BCUT2D eigenvalue weighted by molar-refractivity contribution is 6.08. The number of aromatic nitrogens is 2. The predicted octanol–water partition coefficient (Wildman–Crippen LogP) is 4.83. The summed E-state index contributed by atoms with van der Waals surface area (Å²) in [7, 11) is 3.48. The molecule has 0 N–H and O–H groups in total. The fraction of sp³-hybridized carbons (Fsp3) is 0.250. The van der Waals surface area contributed by atoms with E-state index in [2.05, 4.69) is 5.10 Å². The summed E-state index contributed by atoms with van der Waals surface area (Å²) in [6, 6.07) is 13.7. The van der Waals surface area contributed by atoms with Crippen LogP contribution in [-0.4, -0.2) is 22.7 Å². The first-order valence-corrected chi connectivity index (χ1v) is 9.48. The van der Waals surface area contributed by atoms with E-state index in [0.717, 1.165) is 34.0 Å². The maximum atomic E-state index is 12.6. The van der Waals surface area contributed by atoms with Crippen molar-refractivity contribution in [2.45, 2.75) is 27.4 Å². The summed E-state index contributed by atoms with van der Waals surface area (Å²) in [6.45, 7) is 6.16. The molecular formula is C24H26N2O3. The average molecular weight is 390 g/mol. The van der Waals surface area contributed by atoms with Gasteiger partial charge in [0, 0.05) is 18.3 Å². The predicted molar refractivity (Wildman–Crippen MR) is 115 cm³/mol. The number of methoxy groups -OCH3 is 1. The van der Waals surface area contributed by atoms with Crippen molar-refractivity contribution in [2.75, 3.05) is 7.11 Å². The minimum absolute atomic E-state index is 0.0543. The van der Waals surface area contributed by atoms with Crippen LogP contribution in [0.15, 0.2) is 48.5 Å². The molecule has 1 aromatic heterocycles. The quantitative estimate of drug-likeness (QED) is 0.428. The Bertz CT molecular complexity index is 1050. The third-order valence-electron chi connectivity index (χ3n) is 4.90. The number of hydrogen-bond acceptors (Lipinski definition) is 4. The minimum atomic E-state index is -0.0543. The number of nitrogens with zero attached hydrogens (tertiary/aromatic N) is 2. The summed E-state index contributed by atoms with van der Waals surface area (Å²) >= 11 is 0. The number of aryl methyl sites for hydroxylation is 3. The van der Waals surface area contributed by atoms with Gasteiger partial charge in [0.05, 0.1) is 18.4 Å². The number of rotatable bonds is 7. The lowest BCUT2D eigenvalue weighted by atomic mass is 10.1. The van der Waals surface area contributed by atoms with Crippen LogP contribution in [0, 0.1) is 20.8 Å². The number of carbonyl (C=O) groups is 1. The van der Waals surface area contributed by atoms with E-state index < -0.39 is 0 Å². The number of carbonyl (C=O) groups excluding carboxylic acids is 1. The molecule has 0 saturated heterocycles. The zero-order valence-electron chi connectivity index (χ0n) is 17.5. The molecule has 0 aliphatic heterocycles. The summed E-state index contributed by atoms with van der Waals surface area (Å²) in [5.41, 5.74) is 5.25. The van der Waals surface area contributed by atoms with E-state index in [9.17, 15) is 4.79 Å². The molecule has 3 rings (SSSR count). The van der Waals surface area contributed by atoms with Crippen molar-refractivity contribution in [3.05, 3.63) is 82.2 Å². The van der Waals surface area contributed by atoms with Crippen molar-refractivity contribution in [1.82, 2.24) is 9.78 Å². The first-order valence-electron chi connectivity index (χ1n) is 9.48. The highest BCUT2D eigenvalue weighted by Gasteiger charge is 2.15. The molecule has 0 fully saturated rings. The Labute approximate surface area is 171 Å². The largest absolute Gasteiger partial charge is 0.496 e. The number of benzene rings is 2. The van der Waals surface area contributed by atoms with Gasteiger partial charge in [-0.2, -0.15) is 5.10 Å². The molecule has 150 valence electrons. The van der Waals surface area contributed by atoms with Crippen molar-refractivity contribution in [1.29, 1.82) is 0 Å². The second kappa shape index (κ2) is 8.78. The van der Waals surface area contributed by atoms with E-state index in [1.807, 2.05) is 76.4 Å². The second-order valence-corrected chi connectivity index (χ2v) is 7.04. The molecule has 0 aliphatic rings. The Hall–Kier alpha value is -3.34. The third kappa shape index (κ3) is 4.74. The van der Waals surface area contributed by atoms with Crippen LogP contribution in [0.25, 0.3) is 6.08 Å². The van der Waals surface area contributed by atoms with Crippen LogP contribution in [0.4, 0.5) is 0 Å². The van der Waals surface area contributed by atoms with Crippen LogP contribution in [0.1, 0.15) is 38.4 Å². The number of ketones is 1. The summed E-state index contributed by atoms with van der Waals surface area (Å²) in [6.07, 6.45) is 3.40. The maximum absolute atomic E-state index is 12.6. The lowest BCUT2D eigenvalue weighted by molar-refractivity contribution is 0.104.